The van der Waals surface area contributed by atoms with Crippen LogP contribution in [0.25, 0.3) is 0 Å². The van der Waals surface area contributed by atoms with E-state index in [-0.39, 0.29) is 18.5 Å². The highest BCUT2D eigenvalue weighted by molar-refractivity contribution is 5.91. The molecule has 0 spiro atoms. The third-order valence-corrected chi connectivity index (χ3v) is 2.47. The van der Waals surface area contributed by atoms with E-state index in [0.29, 0.717) is 12.2 Å². The number of amides is 2. The van der Waals surface area contributed by atoms with Crippen LogP contribution in [0.1, 0.15) is 19.4 Å². The number of carbonyl (C=O) groups excluding carboxylic acids is 1. The molecule has 19 heavy (non-hydrogen) atoms. The zero-order valence-electron chi connectivity index (χ0n) is 11.5. The van der Waals surface area contributed by atoms with Crippen LogP contribution in [-0.2, 0) is 4.79 Å². The van der Waals surface area contributed by atoms with Crippen LogP contribution in [0.15, 0.2) is 24.3 Å². The van der Waals surface area contributed by atoms with E-state index in [1.165, 1.54) is 4.90 Å². The highest BCUT2D eigenvalue weighted by atomic mass is 16.4. The van der Waals surface area contributed by atoms with Crippen molar-refractivity contribution in [2.24, 2.45) is 5.92 Å². The first-order valence-electron chi connectivity index (χ1n) is 6.23. The second kappa shape index (κ2) is 6.78. The van der Waals surface area contributed by atoms with Gasteiger partial charge in [-0.3, -0.25) is 4.79 Å². The Labute approximate surface area is 113 Å². The summed E-state index contributed by atoms with van der Waals surface area (Å²) in [6.45, 7) is 5.92. The lowest BCUT2D eigenvalue weighted by Gasteiger charge is -2.23. The molecule has 1 aromatic rings. The van der Waals surface area contributed by atoms with Gasteiger partial charge in [-0.15, -0.1) is 0 Å². The minimum atomic E-state index is -1.01. The minimum Gasteiger partial charge on any atom is -0.480 e. The molecule has 0 heterocycles. The Morgan fingerprint density at radius 2 is 2.05 bits per heavy atom. The van der Waals surface area contributed by atoms with Crippen molar-refractivity contribution in [3.8, 4) is 0 Å². The summed E-state index contributed by atoms with van der Waals surface area (Å²) in [5.41, 5.74) is 1.70. The number of aliphatic carboxylic acids is 1. The maximum atomic E-state index is 12.0. The largest absolute Gasteiger partial charge is 0.480 e. The van der Waals surface area contributed by atoms with Gasteiger partial charge in [0, 0.05) is 12.2 Å². The molecule has 0 unspecified atom stereocenters. The van der Waals surface area contributed by atoms with E-state index in [1.54, 1.807) is 6.07 Å². The van der Waals surface area contributed by atoms with Gasteiger partial charge in [0.25, 0.3) is 0 Å². The average Bonchev–Trinajstić information content (AvgIpc) is 2.26. The number of carboxylic acids is 1. The van der Waals surface area contributed by atoms with E-state index in [2.05, 4.69) is 5.32 Å². The number of rotatable bonds is 5. The van der Waals surface area contributed by atoms with Crippen LogP contribution < -0.4 is 5.32 Å². The predicted molar refractivity (Wildman–Crippen MR) is 74.2 cm³/mol. The first-order chi connectivity index (χ1) is 8.88. The van der Waals surface area contributed by atoms with Crippen molar-refractivity contribution in [1.82, 2.24) is 4.90 Å². The fourth-order valence-corrected chi connectivity index (χ4v) is 1.75. The first-order valence-corrected chi connectivity index (χ1v) is 6.23. The molecule has 0 aliphatic carbocycles. The molecular formula is C14H20N2O3. The zero-order chi connectivity index (χ0) is 14.4. The third kappa shape index (κ3) is 5.42. The number of nitrogens with zero attached hydrogens (tertiary/aromatic N) is 1. The minimum absolute atomic E-state index is 0.211. The fraction of sp³-hybridized carbons (Fsp3) is 0.429. The number of aryl methyl sites for hydroxylation is 1. The molecule has 0 aromatic heterocycles. The summed E-state index contributed by atoms with van der Waals surface area (Å²) in [6, 6.07) is 7.00. The lowest BCUT2D eigenvalue weighted by molar-refractivity contribution is -0.137. The van der Waals surface area contributed by atoms with Crippen molar-refractivity contribution in [2.45, 2.75) is 20.8 Å². The normalized spacial score (nSPS) is 10.3. The van der Waals surface area contributed by atoms with Crippen molar-refractivity contribution in [2.75, 3.05) is 18.4 Å². The Morgan fingerprint density at radius 3 is 2.58 bits per heavy atom. The SMILES string of the molecule is Cc1cccc(NC(=O)N(CC(=O)O)CC(C)C)c1. The Kier molecular flexibility index (Phi) is 5.36. The molecule has 0 radical (unpaired) electrons. The number of nitrogens with one attached hydrogen (secondary N) is 1. The summed E-state index contributed by atoms with van der Waals surface area (Å²) in [6.07, 6.45) is 0. The number of hydrogen-bond donors (Lipinski definition) is 2. The Hall–Kier alpha value is -2.04. The Morgan fingerprint density at radius 1 is 1.37 bits per heavy atom. The summed E-state index contributed by atoms with van der Waals surface area (Å²) < 4.78 is 0. The molecule has 0 saturated heterocycles. The van der Waals surface area contributed by atoms with Gasteiger partial charge < -0.3 is 15.3 Å². The Balaban J connectivity index is 2.73. The Bertz CT molecular complexity index is 458. The van der Waals surface area contributed by atoms with E-state index in [1.807, 2.05) is 39.0 Å². The van der Waals surface area contributed by atoms with E-state index in [0.717, 1.165) is 5.56 Å². The van der Waals surface area contributed by atoms with Gasteiger partial charge in [-0.2, -0.15) is 0 Å². The van der Waals surface area contributed by atoms with Gasteiger partial charge in [0.2, 0.25) is 0 Å². The second-order valence-corrected chi connectivity index (χ2v) is 4.97. The molecule has 5 heteroatoms. The summed E-state index contributed by atoms with van der Waals surface area (Å²) in [7, 11) is 0. The second-order valence-electron chi connectivity index (χ2n) is 4.97. The van der Waals surface area contributed by atoms with Gasteiger partial charge in [-0.05, 0) is 30.5 Å². The van der Waals surface area contributed by atoms with Gasteiger partial charge in [0.15, 0.2) is 0 Å². The van der Waals surface area contributed by atoms with Crippen molar-refractivity contribution >= 4 is 17.7 Å². The van der Waals surface area contributed by atoms with Crippen molar-refractivity contribution in [1.29, 1.82) is 0 Å². The molecule has 1 aromatic carbocycles. The molecule has 104 valence electrons. The van der Waals surface area contributed by atoms with Crippen molar-refractivity contribution < 1.29 is 14.7 Å². The van der Waals surface area contributed by atoms with Crippen LogP contribution in [0.4, 0.5) is 10.5 Å². The topological polar surface area (TPSA) is 69.6 Å². The maximum absolute atomic E-state index is 12.0. The van der Waals surface area contributed by atoms with Crippen molar-refractivity contribution in [3.63, 3.8) is 0 Å². The molecule has 0 aliphatic rings. The van der Waals surface area contributed by atoms with Gasteiger partial charge in [-0.25, -0.2) is 4.79 Å². The van der Waals surface area contributed by atoms with Crippen LogP contribution in [0.3, 0.4) is 0 Å². The number of anilines is 1. The summed E-state index contributed by atoms with van der Waals surface area (Å²) >= 11 is 0. The summed E-state index contributed by atoms with van der Waals surface area (Å²) in [4.78, 5) is 24.1. The number of hydrogen-bond acceptors (Lipinski definition) is 2. The van der Waals surface area contributed by atoms with Crippen LogP contribution in [0, 0.1) is 12.8 Å². The third-order valence-electron chi connectivity index (χ3n) is 2.47. The van der Waals surface area contributed by atoms with Crippen LogP contribution >= 0.6 is 0 Å². The average molecular weight is 264 g/mol. The molecular weight excluding hydrogens is 244 g/mol. The number of carbonyl (C=O) groups is 2. The van der Waals surface area contributed by atoms with Gasteiger partial charge in [-0.1, -0.05) is 26.0 Å². The van der Waals surface area contributed by atoms with E-state index in [4.69, 9.17) is 5.11 Å². The summed E-state index contributed by atoms with van der Waals surface area (Å²) in [5, 5.41) is 11.6. The molecule has 0 bridgehead atoms. The highest BCUT2D eigenvalue weighted by Crippen LogP contribution is 2.11. The van der Waals surface area contributed by atoms with Gasteiger partial charge in [0.05, 0.1) is 0 Å². The van der Waals surface area contributed by atoms with Crippen molar-refractivity contribution in [3.05, 3.63) is 29.8 Å². The quantitative estimate of drug-likeness (QED) is 0.858. The van der Waals surface area contributed by atoms with Crippen LogP contribution in [0.5, 0.6) is 0 Å². The van der Waals surface area contributed by atoms with Crippen LogP contribution in [0.2, 0.25) is 0 Å². The monoisotopic (exact) mass is 264 g/mol. The maximum Gasteiger partial charge on any atom is 0.323 e. The van der Waals surface area contributed by atoms with Gasteiger partial charge in [0.1, 0.15) is 6.54 Å². The smallest absolute Gasteiger partial charge is 0.323 e. The van der Waals surface area contributed by atoms with E-state index >= 15 is 0 Å². The molecule has 2 N–H and O–H groups in total. The van der Waals surface area contributed by atoms with E-state index < -0.39 is 5.97 Å². The van der Waals surface area contributed by atoms with Crippen LogP contribution in [-0.4, -0.2) is 35.1 Å². The molecule has 1 rings (SSSR count). The predicted octanol–water partition coefficient (Wildman–Crippen LogP) is 2.57. The first kappa shape index (κ1) is 15.0. The lowest BCUT2D eigenvalue weighted by atomic mass is 10.2. The molecule has 0 fully saturated rings. The summed E-state index contributed by atoms with van der Waals surface area (Å²) in [5.74, 6) is -0.803. The molecule has 5 nitrogen and oxygen atoms in total. The number of benzene rings is 1. The molecule has 2 amide bonds. The number of carboxylic acid groups (broad SMARTS) is 1. The molecule has 0 saturated carbocycles. The van der Waals surface area contributed by atoms with E-state index in [9.17, 15) is 9.59 Å². The number of urea groups is 1. The molecule has 0 aliphatic heterocycles. The highest BCUT2D eigenvalue weighted by Gasteiger charge is 2.17. The fourth-order valence-electron chi connectivity index (χ4n) is 1.75. The molecule has 0 atom stereocenters. The zero-order valence-corrected chi connectivity index (χ0v) is 11.5. The van der Waals surface area contributed by atoms with Gasteiger partial charge >= 0.3 is 12.0 Å². The standard InChI is InChI=1S/C14H20N2O3/c1-10(2)8-16(9-13(17)18)14(19)15-12-6-4-5-11(3)7-12/h4-7,10H,8-9H2,1-3H3,(H,15,19)(H,17,18). The lowest BCUT2D eigenvalue weighted by Crippen LogP contribution is -2.40.